The van der Waals surface area contributed by atoms with Crippen molar-refractivity contribution < 1.29 is 0 Å². The second kappa shape index (κ2) is 7.21. The Morgan fingerprint density at radius 3 is 2.56 bits per heavy atom. The van der Waals surface area contributed by atoms with Gasteiger partial charge in [0.1, 0.15) is 0 Å². The largest absolute Gasteiger partial charge is 0.310 e. The molecule has 16 heavy (non-hydrogen) atoms. The highest BCUT2D eigenvalue weighted by molar-refractivity contribution is 7.99. The number of rotatable bonds is 3. The second-order valence-electron chi connectivity index (χ2n) is 4.00. The highest BCUT2D eigenvalue weighted by atomic mass is 35.5. The first-order chi connectivity index (χ1) is 7.40. The van der Waals surface area contributed by atoms with Gasteiger partial charge in [-0.1, -0.05) is 25.5 Å². The Hall–Kier alpha value is -0.180. The summed E-state index contributed by atoms with van der Waals surface area (Å²) in [6, 6.07) is 9.65. The number of piperidine rings is 1. The Morgan fingerprint density at radius 1 is 1.25 bits per heavy atom. The minimum Gasteiger partial charge on any atom is -0.310 e. The third kappa shape index (κ3) is 3.69. The van der Waals surface area contributed by atoms with Gasteiger partial charge in [0.05, 0.1) is 0 Å². The highest BCUT2D eigenvalue weighted by Crippen LogP contribution is 2.25. The van der Waals surface area contributed by atoms with Gasteiger partial charge in [0, 0.05) is 10.9 Å². The van der Waals surface area contributed by atoms with Gasteiger partial charge in [0.25, 0.3) is 0 Å². The second-order valence-corrected chi connectivity index (χ2v) is 5.34. The van der Waals surface area contributed by atoms with Gasteiger partial charge in [-0.15, -0.1) is 24.2 Å². The average molecular weight is 258 g/mol. The molecule has 0 spiro atoms. The van der Waals surface area contributed by atoms with Crippen molar-refractivity contribution in [2.24, 2.45) is 0 Å². The van der Waals surface area contributed by atoms with Crippen molar-refractivity contribution in [2.75, 3.05) is 12.3 Å². The summed E-state index contributed by atoms with van der Waals surface area (Å²) in [5.74, 6) is 1.15. The maximum absolute atomic E-state index is 3.58. The molecular formula is C13H20ClNS. The Morgan fingerprint density at radius 2 is 2.00 bits per heavy atom. The van der Waals surface area contributed by atoms with Crippen molar-refractivity contribution in [1.29, 1.82) is 0 Å². The average Bonchev–Trinajstić information content (AvgIpc) is 2.32. The molecule has 0 radical (unpaired) electrons. The Bertz CT molecular complexity index is 293. The maximum Gasteiger partial charge on any atom is 0.0320 e. The van der Waals surface area contributed by atoms with Gasteiger partial charge in [-0.05, 0) is 42.8 Å². The number of nitrogens with one attached hydrogen (secondary N) is 1. The molecule has 1 fully saturated rings. The van der Waals surface area contributed by atoms with Crippen LogP contribution in [0.2, 0.25) is 0 Å². The number of halogens is 1. The number of hydrogen-bond acceptors (Lipinski definition) is 2. The minimum absolute atomic E-state index is 0. The zero-order chi connectivity index (χ0) is 10.5. The van der Waals surface area contributed by atoms with Crippen LogP contribution in [-0.2, 0) is 0 Å². The maximum atomic E-state index is 3.58. The molecule has 0 aromatic heterocycles. The van der Waals surface area contributed by atoms with Crippen LogP contribution >= 0.6 is 24.2 Å². The minimum atomic E-state index is 0. The number of hydrogen-bond donors (Lipinski definition) is 1. The van der Waals surface area contributed by atoms with Gasteiger partial charge in [0.2, 0.25) is 0 Å². The fourth-order valence-electron chi connectivity index (χ4n) is 2.10. The van der Waals surface area contributed by atoms with Crippen LogP contribution in [0.25, 0.3) is 0 Å². The third-order valence-electron chi connectivity index (χ3n) is 2.90. The van der Waals surface area contributed by atoms with E-state index in [2.05, 4.69) is 36.5 Å². The van der Waals surface area contributed by atoms with Gasteiger partial charge in [-0.3, -0.25) is 0 Å². The van der Waals surface area contributed by atoms with E-state index < -0.39 is 0 Å². The molecule has 2 rings (SSSR count). The van der Waals surface area contributed by atoms with Crippen LogP contribution in [0, 0.1) is 0 Å². The van der Waals surface area contributed by atoms with E-state index in [0.29, 0.717) is 6.04 Å². The van der Waals surface area contributed by atoms with E-state index in [4.69, 9.17) is 0 Å². The monoisotopic (exact) mass is 257 g/mol. The molecule has 1 aromatic rings. The fraction of sp³-hybridized carbons (Fsp3) is 0.538. The Balaban J connectivity index is 0.00000128. The SMILES string of the molecule is CCSc1ccc([C@H]2CCCCN2)cc1.Cl. The predicted molar refractivity (Wildman–Crippen MR) is 74.7 cm³/mol. The van der Waals surface area contributed by atoms with E-state index in [1.165, 1.54) is 36.3 Å². The van der Waals surface area contributed by atoms with Crippen molar-refractivity contribution in [1.82, 2.24) is 5.32 Å². The van der Waals surface area contributed by atoms with E-state index in [1.807, 2.05) is 11.8 Å². The molecule has 0 aliphatic carbocycles. The zero-order valence-electron chi connectivity index (χ0n) is 9.74. The van der Waals surface area contributed by atoms with Crippen LogP contribution in [0.5, 0.6) is 0 Å². The normalized spacial score (nSPS) is 20.2. The van der Waals surface area contributed by atoms with Crippen molar-refractivity contribution in [3.05, 3.63) is 29.8 Å². The molecule has 1 aliphatic heterocycles. The summed E-state index contributed by atoms with van der Waals surface area (Å²) < 4.78 is 0. The lowest BCUT2D eigenvalue weighted by atomic mass is 9.98. The van der Waals surface area contributed by atoms with E-state index in [-0.39, 0.29) is 12.4 Å². The van der Waals surface area contributed by atoms with Crippen LogP contribution in [0.15, 0.2) is 29.2 Å². The van der Waals surface area contributed by atoms with Gasteiger partial charge in [0.15, 0.2) is 0 Å². The summed E-state index contributed by atoms with van der Waals surface area (Å²) in [5.41, 5.74) is 1.45. The summed E-state index contributed by atoms with van der Waals surface area (Å²) >= 11 is 1.91. The summed E-state index contributed by atoms with van der Waals surface area (Å²) in [7, 11) is 0. The molecular weight excluding hydrogens is 238 g/mol. The lowest BCUT2D eigenvalue weighted by molar-refractivity contribution is 0.412. The number of benzene rings is 1. The van der Waals surface area contributed by atoms with Crippen molar-refractivity contribution in [3.63, 3.8) is 0 Å². The molecule has 1 aliphatic rings. The van der Waals surface area contributed by atoms with Crippen LogP contribution in [0.4, 0.5) is 0 Å². The van der Waals surface area contributed by atoms with Crippen molar-refractivity contribution in [2.45, 2.75) is 37.1 Å². The van der Waals surface area contributed by atoms with Crippen LogP contribution in [-0.4, -0.2) is 12.3 Å². The number of thioether (sulfide) groups is 1. The summed E-state index contributed by atoms with van der Waals surface area (Å²) in [5, 5.41) is 3.58. The van der Waals surface area contributed by atoms with Gasteiger partial charge >= 0.3 is 0 Å². The van der Waals surface area contributed by atoms with E-state index >= 15 is 0 Å². The van der Waals surface area contributed by atoms with Gasteiger partial charge < -0.3 is 5.32 Å². The van der Waals surface area contributed by atoms with Crippen LogP contribution in [0.3, 0.4) is 0 Å². The summed E-state index contributed by atoms with van der Waals surface area (Å²) in [4.78, 5) is 1.39. The Labute approximate surface area is 109 Å². The molecule has 1 nitrogen and oxygen atoms in total. The zero-order valence-corrected chi connectivity index (χ0v) is 11.4. The van der Waals surface area contributed by atoms with E-state index in [0.717, 1.165) is 5.75 Å². The molecule has 0 bridgehead atoms. The molecule has 0 saturated carbocycles. The predicted octanol–water partition coefficient (Wildman–Crippen LogP) is 4.04. The molecule has 1 aromatic carbocycles. The molecule has 3 heteroatoms. The molecule has 1 saturated heterocycles. The molecule has 1 heterocycles. The molecule has 90 valence electrons. The van der Waals surface area contributed by atoms with E-state index in [1.54, 1.807) is 0 Å². The van der Waals surface area contributed by atoms with Crippen molar-refractivity contribution in [3.8, 4) is 0 Å². The molecule has 0 amide bonds. The quantitative estimate of drug-likeness (QED) is 0.821. The summed E-state index contributed by atoms with van der Waals surface area (Å²) in [6.07, 6.45) is 3.99. The highest BCUT2D eigenvalue weighted by Gasteiger charge is 2.13. The van der Waals surface area contributed by atoms with Crippen LogP contribution < -0.4 is 5.32 Å². The first-order valence-corrected chi connectivity index (χ1v) is 6.85. The lowest BCUT2D eigenvalue weighted by Gasteiger charge is -2.23. The topological polar surface area (TPSA) is 12.0 Å². The first-order valence-electron chi connectivity index (χ1n) is 5.86. The van der Waals surface area contributed by atoms with Gasteiger partial charge in [-0.2, -0.15) is 0 Å². The van der Waals surface area contributed by atoms with Crippen molar-refractivity contribution >= 4 is 24.2 Å². The Kier molecular flexibility index (Phi) is 6.25. The summed E-state index contributed by atoms with van der Waals surface area (Å²) in [6.45, 7) is 3.37. The van der Waals surface area contributed by atoms with E-state index in [9.17, 15) is 0 Å². The smallest absolute Gasteiger partial charge is 0.0320 e. The van der Waals surface area contributed by atoms with Gasteiger partial charge in [-0.25, -0.2) is 0 Å². The molecule has 0 unspecified atom stereocenters. The molecule has 1 N–H and O–H groups in total. The third-order valence-corrected chi connectivity index (χ3v) is 3.80. The first kappa shape index (κ1) is 13.9. The fourth-order valence-corrected chi connectivity index (χ4v) is 2.76. The van der Waals surface area contributed by atoms with Crippen LogP contribution in [0.1, 0.15) is 37.8 Å². The molecule has 1 atom stereocenters. The standard InChI is InChI=1S/C13H19NS.ClH/c1-2-15-12-8-6-11(7-9-12)13-5-3-4-10-14-13;/h6-9,13-14H,2-5,10H2,1H3;1H/t13-;/m1./s1. The lowest BCUT2D eigenvalue weighted by Crippen LogP contribution is -2.26.